The van der Waals surface area contributed by atoms with E-state index in [1.54, 1.807) is 0 Å². The van der Waals surface area contributed by atoms with Crippen LogP contribution in [0, 0.1) is 55.4 Å². The van der Waals surface area contributed by atoms with Gasteiger partial charge in [0.1, 0.15) is 28.5 Å². The van der Waals surface area contributed by atoms with Gasteiger partial charge in [-0.1, -0.05) is 70.8 Å². The Morgan fingerprint density at radius 2 is 0.545 bits per heavy atom. The normalized spacial score (nSPS) is 11.6. The highest BCUT2D eigenvalue weighted by Gasteiger charge is 2.51. The first-order valence-electron chi connectivity index (χ1n) is 11.8. The molecule has 168 valence electrons. The lowest BCUT2D eigenvalue weighted by molar-refractivity contribution is 1.39. The molecule has 0 nitrogen and oxygen atoms in total. The molecular weight excluding hydrogens is 415 g/mol. The molecule has 0 aliphatic rings. The number of benzene rings is 4. The molecule has 0 amide bonds. The quantitative estimate of drug-likeness (QED) is 0.300. The van der Waals surface area contributed by atoms with Crippen LogP contribution < -0.4 is 21.2 Å². The van der Waals surface area contributed by atoms with Gasteiger partial charge in [-0.15, -0.1) is 0 Å². The number of hydrogen-bond donors (Lipinski definition) is 0. The third-order valence-corrected chi connectivity index (χ3v) is 11.8. The smallest absolute Gasteiger partial charge is 0.0553 e. The van der Waals surface area contributed by atoms with E-state index in [9.17, 15) is 0 Å². The molecule has 0 N–H and O–H groups in total. The minimum absolute atomic E-state index is 1.32. The first-order valence-corrected chi connectivity index (χ1v) is 13.6. The molecule has 0 bridgehead atoms. The van der Waals surface area contributed by atoms with Crippen molar-refractivity contribution in [3.05, 3.63) is 117 Å². The van der Waals surface area contributed by atoms with Crippen LogP contribution in [0.1, 0.15) is 44.5 Å². The monoisotopic (exact) mass is 451 g/mol. The second-order valence-corrected chi connectivity index (χ2v) is 13.1. The Balaban J connectivity index is 2.28. The van der Waals surface area contributed by atoms with Gasteiger partial charge in [-0.25, -0.2) is 0 Å². The van der Waals surface area contributed by atoms with E-state index in [0.717, 1.165) is 0 Å². The van der Waals surface area contributed by atoms with Crippen molar-refractivity contribution in [2.75, 3.05) is 0 Å². The Bertz CT molecular complexity index is 1130. The first kappa shape index (κ1) is 23.5. The Hall–Kier alpha value is -2.69. The molecule has 0 heterocycles. The zero-order valence-corrected chi connectivity index (χ0v) is 22.3. The SMILES string of the molecule is Cc1ccc([P+](c2ccc(C)cc2C)(c2ccc(C)cc2C)c2ccc(C)cc2C)c(C)c1. The molecule has 0 fully saturated rings. The molecular formula is C32H36P+. The van der Waals surface area contributed by atoms with Gasteiger partial charge in [-0.3, -0.25) is 0 Å². The molecule has 0 unspecified atom stereocenters. The van der Waals surface area contributed by atoms with Gasteiger partial charge >= 0.3 is 0 Å². The largest absolute Gasteiger partial charge is 0.145 e. The fraction of sp³-hybridized carbons (Fsp3) is 0.250. The summed E-state index contributed by atoms with van der Waals surface area (Å²) < 4.78 is 0. The summed E-state index contributed by atoms with van der Waals surface area (Å²) in [6.07, 6.45) is 0. The number of hydrogen-bond acceptors (Lipinski definition) is 0. The lowest BCUT2D eigenvalue weighted by Crippen LogP contribution is -2.42. The van der Waals surface area contributed by atoms with E-state index in [4.69, 9.17) is 0 Å². The highest BCUT2D eigenvalue weighted by molar-refractivity contribution is 8.01. The summed E-state index contributed by atoms with van der Waals surface area (Å²) in [5.41, 5.74) is 10.8. The second-order valence-electron chi connectivity index (χ2n) is 9.83. The van der Waals surface area contributed by atoms with Gasteiger partial charge in [0.15, 0.2) is 0 Å². The van der Waals surface area contributed by atoms with Gasteiger partial charge in [-0.05, 0) is 102 Å². The Morgan fingerprint density at radius 1 is 0.333 bits per heavy atom. The molecule has 0 aliphatic heterocycles. The van der Waals surface area contributed by atoms with Gasteiger partial charge in [0.2, 0.25) is 0 Å². The zero-order valence-electron chi connectivity index (χ0n) is 21.4. The van der Waals surface area contributed by atoms with Crippen molar-refractivity contribution < 1.29 is 0 Å². The summed E-state index contributed by atoms with van der Waals surface area (Å²) in [6.45, 7) is 18.0. The van der Waals surface area contributed by atoms with E-state index in [-0.39, 0.29) is 0 Å². The highest BCUT2D eigenvalue weighted by atomic mass is 31.2. The van der Waals surface area contributed by atoms with Gasteiger partial charge in [0, 0.05) is 0 Å². The van der Waals surface area contributed by atoms with Crippen molar-refractivity contribution in [1.29, 1.82) is 0 Å². The summed E-state index contributed by atoms with van der Waals surface area (Å²) >= 11 is 0. The summed E-state index contributed by atoms with van der Waals surface area (Å²) in [6, 6.07) is 28.3. The maximum absolute atomic E-state index is 2.41. The average Bonchev–Trinajstić information content (AvgIpc) is 2.72. The third kappa shape index (κ3) is 4.07. The van der Waals surface area contributed by atoms with Crippen molar-refractivity contribution in [1.82, 2.24) is 0 Å². The Kier molecular flexibility index (Phi) is 6.35. The van der Waals surface area contributed by atoms with E-state index in [1.165, 1.54) is 65.7 Å². The van der Waals surface area contributed by atoms with Gasteiger partial charge < -0.3 is 0 Å². The molecule has 0 saturated carbocycles. The maximum atomic E-state index is 2.41. The van der Waals surface area contributed by atoms with Crippen LogP contribution >= 0.6 is 7.26 Å². The lowest BCUT2D eigenvalue weighted by atomic mass is 10.1. The zero-order chi connectivity index (χ0) is 23.9. The van der Waals surface area contributed by atoms with E-state index < -0.39 is 7.26 Å². The van der Waals surface area contributed by atoms with Crippen LogP contribution in [-0.2, 0) is 0 Å². The van der Waals surface area contributed by atoms with Gasteiger partial charge in [-0.2, -0.15) is 0 Å². The summed E-state index contributed by atoms with van der Waals surface area (Å²) in [5.74, 6) is 0. The van der Waals surface area contributed by atoms with Crippen molar-refractivity contribution in [3.8, 4) is 0 Å². The minimum Gasteiger partial charge on any atom is -0.0553 e. The molecule has 0 aliphatic carbocycles. The number of rotatable bonds is 4. The summed E-state index contributed by atoms with van der Waals surface area (Å²) in [7, 11) is -2.14. The molecule has 0 atom stereocenters. The predicted molar refractivity (Wildman–Crippen MR) is 149 cm³/mol. The van der Waals surface area contributed by atoms with E-state index >= 15 is 0 Å². The van der Waals surface area contributed by atoms with Crippen LogP contribution in [-0.4, -0.2) is 0 Å². The highest BCUT2D eigenvalue weighted by Crippen LogP contribution is 2.57. The Morgan fingerprint density at radius 3 is 0.727 bits per heavy atom. The molecule has 4 aromatic rings. The lowest BCUT2D eigenvalue weighted by Gasteiger charge is -2.32. The fourth-order valence-electron chi connectivity index (χ4n) is 5.51. The van der Waals surface area contributed by atoms with Crippen LogP contribution in [0.3, 0.4) is 0 Å². The minimum atomic E-state index is -2.14. The molecule has 0 aromatic heterocycles. The third-order valence-electron chi connectivity index (χ3n) is 6.85. The Labute approximate surface area is 201 Å². The number of aryl methyl sites for hydroxylation is 8. The van der Waals surface area contributed by atoms with Crippen LogP contribution in [0.2, 0.25) is 0 Å². The molecule has 0 saturated heterocycles. The molecule has 0 radical (unpaired) electrons. The van der Waals surface area contributed by atoms with Crippen molar-refractivity contribution in [2.45, 2.75) is 55.4 Å². The van der Waals surface area contributed by atoms with Crippen molar-refractivity contribution in [2.24, 2.45) is 0 Å². The summed E-state index contributed by atoms with van der Waals surface area (Å²) in [5, 5.41) is 5.89. The molecule has 4 aromatic carbocycles. The van der Waals surface area contributed by atoms with Crippen molar-refractivity contribution >= 4 is 28.5 Å². The maximum Gasteiger partial charge on any atom is 0.145 e. The molecule has 4 rings (SSSR count). The van der Waals surface area contributed by atoms with E-state index in [1.807, 2.05) is 0 Å². The standard InChI is InChI=1S/C32H36P/c1-21-9-13-29(25(5)17-21)33(30-14-10-22(2)18-26(30)6,31-15-11-23(3)19-27(31)7)32-16-12-24(4)20-28(32)8/h9-20H,1-8H3/q+1. The molecule has 0 spiro atoms. The summed E-state index contributed by atoms with van der Waals surface area (Å²) in [4.78, 5) is 0. The van der Waals surface area contributed by atoms with Crippen LogP contribution in [0.25, 0.3) is 0 Å². The average molecular weight is 452 g/mol. The first-order chi connectivity index (χ1) is 15.6. The topological polar surface area (TPSA) is 0 Å². The van der Waals surface area contributed by atoms with Crippen LogP contribution in [0.15, 0.2) is 72.8 Å². The van der Waals surface area contributed by atoms with E-state index in [0.29, 0.717) is 0 Å². The van der Waals surface area contributed by atoms with Gasteiger partial charge in [0.25, 0.3) is 0 Å². The molecule has 33 heavy (non-hydrogen) atoms. The fourth-order valence-corrected chi connectivity index (χ4v) is 10.6. The second kappa shape index (κ2) is 8.92. The van der Waals surface area contributed by atoms with Crippen molar-refractivity contribution in [3.63, 3.8) is 0 Å². The molecule has 1 heteroatoms. The van der Waals surface area contributed by atoms with Crippen LogP contribution in [0.4, 0.5) is 0 Å². The van der Waals surface area contributed by atoms with Gasteiger partial charge in [0.05, 0.1) is 0 Å². The predicted octanol–water partition coefficient (Wildman–Crippen LogP) is 6.77. The van der Waals surface area contributed by atoms with Crippen LogP contribution in [0.5, 0.6) is 0 Å². The van der Waals surface area contributed by atoms with E-state index in [2.05, 4.69) is 128 Å².